The predicted octanol–water partition coefficient (Wildman–Crippen LogP) is 0.830. The van der Waals surface area contributed by atoms with Gasteiger partial charge in [-0.15, -0.1) is 0 Å². The van der Waals surface area contributed by atoms with Crippen molar-refractivity contribution in [2.75, 3.05) is 40.0 Å². The summed E-state index contributed by atoms with van der Waals surface area (Å²) in [6.07, 6.45) is 0. The molecule has 1 fully saturated rings. The molecule has 1 N–H and O–H groups in total. The molecule has 32 heavy (non-hydrogen) atoms. The van der Waals surface area contributed by atoms with Crippen LogP contribution in [-0.2, 0) is 24.3 Å². The Morgan fingerprint density at radius 3 is 2.16 bits per heavy atom. The summed E-state index contributed by atoms with van der Waals surface area (Å²) >= 11 is 0. The predicted molar refractivity (Wildman–Crippen MR) is 112 cm³/mol. The number of carbonyl (C=O) groups is 3. The number of nitrogens with zero attached hydrogens (tertiary/aromatic N) is 1. The van der Waals surface area contributed by atoms with E-state index in [0.717, 1.165) is 0 Å². The lowest BCUT2D eigenvalue weighted by molar-refractivity contribution is -0.123. The van der Waals surface area contributed by atoms with Gasteiger partial charge < -0.3 is 14.2 Å². The highest BCUT2D eigenvalue weighted by atomic mass is 32.2. The van der Waals surface area contributed by atoms with Crippen LogP contribution in [0.3, 0.4) is 0 Å². The quantitative estimate of drug-likeness (QED) is 0.599. The van der Waals surface area contributed by atoms with Crippen LogP contribution in [0.2, 0.25) is 0 Å². The van der Waals surface area contributed by atoms with Gasteiger partial charge in [-0.1, -0.05) is 0 Å². The van der Waals surface area contributed by atoms with E-state index in [2.05, 4.69) is 5.32 Å². The topological polar surface area (TPSA) is 128 Å². The third kappa shape index (κ3) is 5.69. The van der Waals surface area contributed by atoms with Crippen LogP contribution in [0, 0.1) is 0 Å². The standard InChI is InChI=1S/C21H22N2O8S/c1-29-17-6-2-15(3-7-17)20(25)22-19(24)14-31-21(26)16-4-8-18(9-5-16)32(27,28)23-10-12-30-13-11-23/h2-9H,10-14H2,1H3,(H,22,24,25). The molecule has 1 heterocycles. The number of carbonyl (C=O) groups excluding carboxylic acids is 3. The summed E-state index contributed by atoms with van der Waals surface area (Å²) in [4.78, 5) is 36.2. The Hall–Kier alpha value is -3.28. The Bertz CT molecular complexity index is 1080. The van der Waals surface area contributed by atoms with Crippen LogP contribution in [-0.4, -0.2) is 70.5 Å². The number of hydrogen-bond donors (Lipinski definition) is 1. The van der Waals surface area contributed by atoms with Crippen LogP contribution >= 0.6 is 0 Å². The third-order valence-corrected chi connectivity index (χ3v) is 6.55. The third-order valence-electron chi connectivity index (χ3n) is 4.64. The van der Waals surface area contributed by atoms with Crippen molar-refractivity contribution in [2.45, 2.75) is 4.90 Å². The molecular weight excluding hydrogens is 440 g/mol. The largest absolute Gasteiger partial charge is 0.497 e. The minimum Gasteiger partial charge on any atom is -0.497 e. The van der Waals surface area contributed by atoms with Crippen molar-refractivity contribution in [3.63, 3.8) is 0 Å². The number of esters is 1. The minimum atomic E-state index is -3.68. The average Bonchev–Trinajstić information content (AvgIpc) is 2.83. The highest BCUT2D eigenvalue weighted by Gasteiger charge is 2.26. The SMILES string of the molecule is COc1ccc(C(=O)NC(=O)COC(=O)c2ccc(S(=O)(=O)N3CCOCC3)cc2)cc1. The van der Waals surface area contributed by atoms with Crippen molar-refractivity contribution in [1.82, 2.24) is 9.62 Å². The first kappa shape index (κ1) is 23.4. The summed E-state index contributed by atoms with van der Waals surface area (Å²) in [5.74, 6) is -1.71. The van der Waals surface area contributed by atoms with Gasteiger partial charge in [0.25, 0.3) is 11.8 Å². The number of nitrogens with one attached hydrogen (secondary N) is 1. The number of morpholine rings is 1. The first-order valence-corrected chi connectivity index (χ1v) is 11.1. The van der Waals surface area contributed by atoms with Crippen molar-refractivity contribution in [3.05, 3.63) is 59.7 Å². The maximum absolute atomic E-state index is 12.6. The molecule has 0 aliphatic carbocycles. The van der Waals surface area contributed by atoms with E-state index in [9.17, 15) is 22.8 Å². The molecule has 1 saturated heterocycles. The second-order valence-electron chi connectivity index (χ2n) is 6.72. The first-order valence-electron chi connectivity index (χ1n) is 9.64. The molecule has 2 amide bonds. The van der Waals surface area contributed by atoms with E-state index in [4.69, 9.17) is 14.2 Å². The summed E-state index contributed by atoms with van der Waals surface area (Å²) in [6, 6.07) is 11.3. The fourth-order valence-corrected chi connectivity index (χ4v) is 4.30. The molecule has 0 unspecified atom stereocenters. The van der Waals surface area contributed by atoms with Crippen LogP contribution in [0.1, 0.15) is 20.7 Å². The van der Waals surface area contributed by atoms with Crippen molar-refractivity contribution in [3.8, 4) is 5.75 Å². The summed E-state index contributed by atoms with van der Waals surface area (Å²) in [7, 11) is -2.19. The number of amides is 2. The van der Waals surface area contributed by atoms with Gasteiger partial charge in [-0.2, -0.15) is 4.31 Å². The maximum Gasteiger partial charge on any atom is 0.338 e. The Balaban J connectivity index is 1.53. The number of imide groups is 1. The Morgan fingerprint density at radius 2 is 1.56 bits per heavy atom. The summed E-state index contributed by atoms with van der Waals surface area (Å²) < 4.78 is 41.6. The van der Waals surface area contributed by atoms with Gasteiger partial charge in [0.1, 0.15) is 5.75 Å². The van der Waals surface area contributed by atoms with E-state index < -0.39 is 34.4 Å². The molecule has 0 radical (unpaired) electrons. The Labute approximate surface area is 185 Å². The van der Waals surface area contributed by atoms with Crippen molar-refractivity contribution in [1.29, 1.82) is 0 Å². The first-order chi connectivity index (χ1) is 15.3. The Kier molecular flexibility index (Phi) is 7.57. The van der Waals surface area contributed by atoms with Gasteiger partial charge >= 0.3 is 5.97 Å². The second kappa shape index (κ2) is 10.4. The molecular formula is C21H22N2O8S. The zero-order chi connectivity index (χ0) is 23.1. The highest BCUT2D eigenvalue weighted by molar-refractivity contribution is 7.89. The molecule has 11 heteroatoms. The summed E-state index contributed by atoms with van der Waals surface area (Å²) in [5.41, 5.74) is 0.308. The van der Waals surface area contributed by atoms with E-state index in [1.54, 1.807) is 12.1 Å². The Morgan fingerprint density at radius 1 is 0.969 bits per heavy atom. The van der Waals surface area contributed by atoms with Gasteiger partial charge in [-0.25, -0.2) is 13.2 Å². The normalized spacial score (nSPS) is 14.4. The lowest BCUT2D eigenvalue weighted by Gasteiger charge is -2.26. The molecule has 10 nitrogen and oxygen atoms in total. The molecule has 0 spiro atoms. The van der Waals surface area contributed by atoms with Gasteiger partial charge in [-0.05, 0) is 48.5 Å². The number of hydrogen-bond acceptors (Lipinski definition) is 8. The smallest absolute Gasteiger partial charge is 0.338 e. The number of sulfonamides is 1. The lowest BCUT2D eigenvalue weighted by atomic mass is 10.2. The van der Waals surface area contributed by atoms with E-state index in [-0.39, 0.29) is 29.1 Å². The van der Waals surface area contributed by atoms with Crippen molar-refractivity contribution < 1.29 is 37.0 Å². The van der Waals surface area contributed by atoms with E-state index in [1.165, 1.54) is 47.8 Å². The van der Waals surface area contributed by atoms with E-state index >= 15 is 0 Å². The molecule has 0 saturated carbocycles. The van der Waals surface area contributed by atoms with Crippen molar-refractivity contribution in [2.24, 2.45) is 0 Å². The number of methoxy groups -OCH3 is 1. The fraction of sp³-hybridized carbons (Fsp3) is 0.286. The molecule has 0 aromatic heterocycles. The van der Waals surface area contributed by atoms with Gasteiger partial charge in [0.2, 0.25) is 10.0 Å². The zero-order valence-corrected chi connectivity index (χ0v) is 18.1. The van der Waals surface area contributed by atoms with Crippen molar-refractivity contribution >= 4 is 27.8 Å². The highest BCUT2D eigenvalue weighted by Crippen LogP contribution is 2.18. The van der Waals surface area contributed by atoms with Gasteiger partial charge in [0.15, 0.2) is 6.61 Å². The summed E-state index contributed by atoms with van der Waals surface area (Å²) in [5, 5.41) is 2.11. The fourth-order valence-electron chi connectivity index (χ4n) is 2.89. The zero-order valence-electron chi connectivity index (χ0n) is 17.3. The van der Waals surface area contributed by atoms with E-state index in [1.807, 2.05) is 0 Å². The van der Waals surface area contributed by atoms with Crippen LogP contribution in [0.15, 0.2) is 53.4 Å². The molecule has 0 atom stereocenters. The number of rotatable bonds is 7. The molecule has 1 aliphatic rings. The average molecular weight is 462 g/mol. The van der Waals surface area contributed by atoms with Crippen LogP contribution in [0.5, 0.6) is 5.75 Å². The van der Waals surface area contributed by atoms with Gasteiger partial charge in [-0.3, -0.25) is 14.9 Å². The van der Waals surface area contributed by atoms with Crippen LogP contribution < -0.4 is 10.1 Å². The van der Waals surface area contributed by atoms with Gasteiger partial charge in [0, 0.05) is 18.7 Å². The maximum atomic E-state index is 12.6. The lowest BCUT2D eigenvalue weighted by Crippen LogP contribution is -2.40. The second-order valence-corrected chi connectivity index (χ2v) is 8.66. The minimum absolute atomic E-state index is 0.0405. The molecule has 2 aromatic rings. The molecule has 1 aliphatic heterocycles. The number of benzene rings is 2. The molecule has 2 aromatic carbocycles. The van der Waals surface area contributed by atoms with Crippen LogP contribution in [0.25, 0.3) is 0 Å². The molecule has 170 valence electrons. The van der Waals surface area contributed by atoms with Crippen LogP contribution in [0.4, 0.5) is 0 Å². The molecule has 3 rings (SSSR count). The molecule has 0 bridgehead atoms. The monoisotopic (exact) mass is 462 g/mol. The summed E-state index contributed by atoms with van der Waals surface area (Å²) in [6.45, 7) is 0.501. The van der Waals surface area contributed by atoms with E-state index in [0.29, 0.717) is 19.0 Å². The van der Waals surface area contributed by atoms with Gasteiger partial charge in [0.05, 0.1) is 30.8 Å². The number of ether oxygens (including phenoxy) is 3.